The molecule has 4 rings (SSSR count). The number of rotatable bonds is 7. The zero-order valence-corrected chi connectivity index (χ0v) is 18.1. The minimum Gasteiger partial charge on any atom is -0.497 e. The number of hydrogen-bond acceptors (Lipinski definition) is 5. The average molecular weight is 434 g/mol. The zero-order valence-electron chi connectivity index (χ0n) is 18.1. The highest BCUT2D eigenvalue weighted by Gasteiger charge is 2.27. The summed E-state index contributed by atoms with van der Waals surface area (Å²) in [6.45, 7) is 1.18. The normalized spacial score (nSPS) is 14.2. The summed E-state index contributed by atoms with van der Waals surface area (Å²) in [5, 5.41) is 2.95. The van der Waals surface area contributed by atoms with Crippen LogP contribution in [-0.2, 0) is 16.0 Å². The second-order valence-electron chi connectivity index (χ2n) is 7.86. The van der Waals surface area contributed by atoms with Crippen molar-refractivity contribution in [1.82, 2.24) is 9.88 Å². The number of likely N-dealkylation sites (tertiary alicyclic amines) is 1. The van der Waals surface area contributed by atoms with Gasteiger partial charge in [-0.05, 0) is 49.2 Å². The van der Waals surface area contributed by atoms with Crippen LogP contribution < -0.4 is 10.1 Å². The van der Waals surface area contributed by atoms with E-state index in [0.29, 0.717) is 50.4 Å². The molecule has 32 heavy (non-hydrogen) atoms. The number of anilines is 1. The Kier molecular flexibility index (Phi) is 6.84. The quantitative estimate of drug-likeness (QED) is 0.605. The first-order valence-electron chi connectivity index (χ1n) is 10.8. The van der Waals surface area contributed by atoms with Gasteiger partial charge >= 0.3 is 0 Å². The van der Waals surface area contributed by atoms with E-state index in [1.165, 1.54) is 0 Å². The van der Waals surface area contributed by atoms with Gasteiger partial charge in [0.05, 0.1) is 13.3 Å². The molecule has 2 aromatic carbocycles. The van der Waals surface area contributed by atoms with Crippen LogP contribution in [-0.4, -0.2) is 41.9 Å². The standard InChI is InChI=1S/C25H27N3O4/c1-31-21-9-7-18(8-10-21)22-17-26-23(32-22)11-12-24(29)28-15-13-19(14-16-28)25(30)27-20-5-3-2-4-6-20/h2-10,17,19H,11-16H2,1H3,(H,27,30). The number of oxazole rings is 1. The molecule has 0 unspecified atom stereocenters. The third-order valence-electron chi connectivity index (χ3n) is 5.74. The molecule has 166 valence electrons. The van der Waals surface area contributed by atoms with E-state index in [1.807, 2.05) is 59.5 Å². The summed E-state index contributed by atoms with van der Waals surface area (Å²) in [5.74, 6) is 2.00. The molecule has 2 heterocycles. The van der Waals surface area contributed by atoms with Crippen LogP contribution in [0.25, 0.3) is 11.3 Å². The maximum atomic E-state index is 12.6. The predicted molar refractivity (Wildman–Crippen MR) is 121 cm³/mol. The Balaban J connectivity index is 1.23. The summed E-state index contributed by atoms with van der Waals surface area (Å²) in [7, 11) is 1.63. The molecule has 0 spiro atoms. The van der Waals surface area contributed by atoms with Crippen molar-refractivity contribution in [3.8, 4) is 17.1 Å². The number of nitrogens with one attached hydrogen (secondary N) is 1. The molecule has 3 aromatic rings. The molecule has 2 amide bonds. The van der Waals surface area contributed by atoms with Crippen molar-refractivity contribution >= 4 is 17.5 Å². The van der Waals surface area contributed by atoms with Gasteiger partial charge in [-0.1, -0.05) is 18.2 Å². The van der Waals surface area contributed by atoms with Crippen molar-refractivity contribution in [1.29, 1.82) is 0 Å². The summed E-state index contributed by atoms with van der Waals surface area (Å²) in [5.41, 5.74) is 1.71. The number of benzene rings is 2. The molecule has 7 nitrogen and oxygen atoms in total. The highest BCUT2D eigenvalue weighted by atomic mass is 16.5. The molecular formula is C25H27N3O4. The smallest absolute Gasteiger partial charge is 0.227 e. The molecule has 0 bridgehead atoms. The Hall–Kier alpha value is -3.61. The maximum Gasteiger partial charge on any atom is 0.227 e. The van der Waals surface area contributed by atoms with Crippen molar-refractivity contribution in [2.75, 3.05) is 25.5 Å². The number of piperidine rings is 1. The third kappa shape index (κ3) is 5.35. The fraction of sp³-hybridized carbons (Fsp3) is 0.320. The number of ether oxygens (including phenoxy) is 1. The molecule has 1 aliphatic heterocycles. The van der Waals surface area contributed by atoms with Crippen LogP contribution in [0, 0.1) is 5.92 Å². The first-order chi connectivity index (χ1) is 15.6. The van der Waals surface area contributed by atoms with Gasteiger partial charge < -0.3 is 19.4 Å². The number of carbonyl (C=O) groups is 2. The van der Waals surface area contributed by atoms with Crippen molar-refractivity contribution in [2.24, 2.45) is 5.92 Å². The molecule has 1 saturated heterocycles. The minimum absolute atomic E-state index is 0.0224. The molecule has 1 aromatic heterocycles. The largest absolute Gasteiger partial charge is 0.497 e. The lowest BCUT2D eigenvalue weighted by Gasteiger charge is -2.31. The van der Waals surface area contributed by atoms with E-state index in [9.17, 15) is 9.59 Å². The van der Waals surface area contributed by atoms with Crippen LogP contribution in [0.1, 0.15) is 25.2 Å². The van der Waals surface area contributed by atoms with Crippen LogP contribution in [0.3, 0.4) is 0 Å². The molecule has 7 heteroatoms. The molecule has 1 aliphatic rings. The van der Waals surface area contributed by atoms with Crippen LogP contribution in [0.15, 0.2) is 65.2 Å². The lowest BCUT2D eigenvalue weighted by atomic mass is 9.95. The Bertz CT molecular complexity index is 1040. The Morgan fingerprint density at radius 2 is 1.81 bits per heavy atom. The lowest BCUT2D eigenvalue weighted by Crippen LogP contribution is -2.41. The van der Waals surface area contributed by atoms with Crippen molar-refractivity contribution < 1.29 is 18.7 Å². The van der Waals surface area contributed by atoms with Gasteiger partial charge in [-0.3, -0.25) is 9.59 Å². The predicted octanol–water partition coefficient (Wildman–Crippen LogP) is 4.16. The molecule has 0 radical (unpaired) electrons. The monoisotopic (exact) mass is 433 g/mol. The summed E-state index contributed by atoms with van der Waals surface area (Å²) in [6.07, 6.45) is 3.81. The van der Waals surface area contributed by atoms with E-state index in [0.717, 1.165) is 17.0 Å². The van der Waals surface area contributed by atoms with E-state index < -0.39 is 0 Å². The topological polar surface area (TPSA) is 84.7 Å². The minimum atomic E-state index is -0.0712. The maximum absolute atomic E-state index is 12.6. The Morgan fingerprint density at radius 3 is 2.50 bits per heavy atom. The molecular weight excluding hydrogens is 406 g/mol. The van der Waals surface area contributed by atoms with Crippen LogP contribution in [0.2, 0.25) is 0 Å². The summed E-state index contributed by atoms with van der Waals surface area (Å²) in [4.78, 5) is 31.2. The van der Waals surface area contributed by atoms with Gasteiger partial charge in [-0.15, -0.1) is 0 Å². The highest BCUT2D eigenvalue weighted by molar-refractivity contribution is 5.92. The SMILES string of the molecule is COc1ccc(-c2cnc(CCC(=O)N3CCC(C(=O)Nc4ccccc4)CC3)o2)cc1. The second-order valence-corrected chi connectivity index (χ2v) is 7.86. The number of nitrogens with zero attached hydrogens (tertiary/aromatic N) is 2. The summed E-state index contributed by atoms with van der Waals surface area (Å²) in [6, 6.07) is 17.0. The Morgan fingerprint density at radius 1 is 1.09 bits per heavy atom. The van der Waals surface area contributed by atoms with Gasteiger partial charge in [0.2, 0.25) is 11.8 Å². The van der Waals surface area contributed by atoms with Gasteiger partial charge in [0.25, 0.3) is 0 Å². The van der Waals surface area contributed by atoms with Crippen LogP contribution >= 0.6 is 0 Å². The van der Waals surface area contributed by atoms with Crippen LogP contribution in [0.5, 0.6) is 5.75 Å². The van der Waals surface area contributed by atoms with Gasteiger partial charge in [-0.2, -0.15) is 0 Å². The lowest BCUT2D eigenvalue weighted by molar-refractivity contribution is -0.134. The van der Waals surface area contributed by atoms with Gasteiger partial charge in [-0.25, -0.2) is 4.98 Å². The van der Waals surface area contributed by atoms with E-state index in [2.05, 4.69) is 10.3 Å². The Labute approximate surface area is 187 Å². The van der Waals surface area contributed by atoms with Crippen LogP contribution in [0.4, 0.5) is 5.69 Å². The van der Waals surface area contributed by atoms with Gasteiger partial charge in [0.15, 0.2) is 11.7 Å². The number of aromatic nitrogens is 1. The molecule has 1 N–H and O–H groups in total. The van der Waals surface area contributed by atoms with Crippen molar-refractivity contribution in [3.05, 3.63) is 66.7 Å². The van der Waals surface area contributed by atoms with E-state index in [-0.39, 0.29) is 17.7 Å². The summed E-state index contributed by atoms with van der Waals surface area (Å²) < 4.78 is 11.0. The van der Waals surface area contributed by atoms with E-state index in [4.69, 9.17) is 9.15 Å². The first kappa shape index (κ1) is 21.6. The van der Waals surface area contributed by atoms with Crippen molar-refractivity contribution in [2.45, 2.75) is 25.7 Å². The van der Waals surface area contributed by atoms with Gasteiger partial charge in [0.1, 0.15) is 5.75 Å². The molecule has 1 fully saturated rings. The number of amides is 2. The fourth-order valence-corrected chi connectivity index (χ4v) is 3.84. The average Bonchev–Trinajstić information content (AvgIpc) is 3.32. The van der Waals surface area contributed by atoms with E-state index in [1.54, 1.807) is 13.3 Å². The number of para-hydroxylation sites is 1. The highest BCUT2D eigenvalue weighted by Crippen LogP contribution is 2.24. The number of hydrogen-bond donors (Lipinski definition) is 1. The molecule has 0 aliphatic carbocycles. The molecule has 0 saturated carbocycles. The number of aryl methyl sites for hydroxylation is 1. The zero-order chi connectivity index (χ0) is 22.3. The number of carbonyl (C=O) groups excluding carboxylic acids is 2. The van der Waals surface area contributed by atoms with E-state index >= 15 is 0 Å². The first-order valence-corrected chi connectivity index (χ1v) is 10.8. The van der Waals surface area contributed by atoms with Gasteiger partial charge in [0, 0.05) is 43.1 Å². The molecule has 0 atom stereocenters. The number of methoxy groups -OCH3 is 1. The fourth-order valence-electron chi connectivity index (χ4n) is 3.84. The summed E-state index contributed by atoms with van der Waals surface area (Å²) >= 11 is 0. The van der Waals surface area contributed by atoms with Crippen molar-refractivity contribution in [3.63, 3.8) is 0 Å². The second kappa shape index (κ2) is 10.1. The third-order valence-corrected chi connectivity index (χ3v) is 5.74.